The normalized spacial score (nSPS) is 17.9. The third-order valence-electron chi connectivity index (χ3n) is 2.77. The molecule has 0 bridgehead atoms. The van der Waals surface area contributed by atoms with Crippen molar-refractivity contribution in [2.24, 2.45) is 10.3 Å². The molecule has 0 radical (unpaired) electrons. The third-order valence-corrected chi connectivity index (χ3v) is 4.07. The number of anilines is 1. The number of nitrogens with zero attached hydrogens (tertiary/aromatic N) is 2. The van der Waals surface area contributed by atoms with Gasteiger partial charge in [-0.3, -0.25) is 4.79 Å². The maximum absolute atomic E-state index is 12.0. The summed E-state index contributed by atoms with van der Waals surface area (Å²) in [5.74, 6) is -2.10. The predicted molar refractivity (Wildman–Crippen MR) is 68.6 cm³/mol. The smallest absolute Gasteiger partial charge is 0.314 e. The molecule has 0 saturated carbocycles. The zero-order valence-corrected chi connectivity index (χ0v) is 11.2. The lowest BCUT2D eigenvalue weighted by Gasteiger charge is -2.20. The Bertz CT molecular complexity index is 667. The lowest BCUT2D eigenvalue weighted by Crippen LogP contribution is -2.33. The molecule has 0 amide bonds. The standard InChI is InChI=1S/C11H13N3O4S/c1-3-7(11(15)16)9-13-10-8(19(17,18)14-9)4-6(2)5-12-10/h4-5,7H,3H2,1-2H3,(H,15,16)(H,12,13,14). The Morgan fingerprint density at radius 2 is 2.21 bits per heavy atom. The third kappa shape index (κ3) is 2.43. The van der Waals surface area contributed by atoms with Crippen LogP contribution in [0.2, 0.25) is 0 Å². The van der Waals surface area contributed by atoms with E-state index in [1.807, 2.05) is 0 Å². The molecule has 1 atom stereocenters. The van der Waals surface area contributed by atoms with Crippen molar-refractivity contribution in [3.63, 3.8) is 0 Å². The van der Waals surface area contributed by atoms with Gasteiger partial charge in [0.25, 0.3) is 10.0 Å². The predicted octanol–water partition coefficient (Wildman–Crippen LogP) is 1.01. The first-order chi connectivity index (χ1) is 8.85. The highest BCUT2D eigenvalue weighted by molar-refractivity contribution is 7.90. The van der Waals surface area contributed by atoms with Crippen molar-refractivity contribution in [2.45, 2.75) is 25.2 Å². The second kappa shape index (κ2) is 4.61. The molecular weight excluding hydrogens is 270 g/mol. The summed E-state index contributed by atoms with van der Waals surface area (Å²) >= 11 is 0. The molecule has 0 spiro atoms. The molecule has 0 aliphatic carbocycles. The summed E-state index contributed by atoms with van der Waals surface area (Å²) in [6.07, 6.45) is 1.74. The molecule has 102 valence electrons. The summed E-state index contributed by atoms with van der Waals surface area (Å²) in [5.41, 5.74) is 0.688. The molecule has 1 aromatic rings. The Balaban J connectivity index is 2.54. The van der Waals surface area contributed by atoms with E-state index >= 15 is 0 Å². The van der Waals surface area contributed by atoms with Gasteiger partial charge >= 0.3 is 5.97 Å². The van der Waals surface area contributed by atoms with Crippen LogP contribution in [0.5, 0.6) is 0 Å². The van der Waals surface area contributed by atoms with Crippen molar-refractivity contribution >= 4 is 27.6 Å². The second-order valence-corrected chi connectivity index (χ2v) is 5.81. The van der Waals surface area contributed by atoms with Gasteiger partial charge in [0.1, 0.15) is 16.6 Å². The highest BCUT2D eigenvalue weighted by Gasteiger charge is 2.32. The number of amidine groups is 1. The number of hydrogen-bond donors (Lipinski definition) is 2. The van der Waals surface area contributed by atoms with Crippen LogP contribution in [0.3, 0.4) is 0 Å². The molecule has 0 aromatic carbocycles. The molecule has 1 unspecified atom stereocenters. The minimum atomic E-state index is -3.90. The number of carboxylic acids is 1. The molecule has 0 saturated heterocycles. The molecule has 8 heteroatoms. The number of aliphatic carboxylic acids is 1. The minimum Gasteiger partial charge on any atom is -0.481 e. The molecular formula is C11H13N3O4S. The van der Waals surface area contributed by atoms with E-state index in [-0.39, 0.29) is 23.0 Å². The largest absolute Gasteiger partial charge is 0.481 e. The summed E-state index contributed by atoms with van der Waals surface area (Å²) in [5, 5.41) is 11.7. The van der Waals surface area contributed by atoms with E-state index in [9.17, 15) is 13.2 Å². The van der Waals surface area contributed by atoms with Gasteiger partial charge in [-0.15, -0.1) is 4.40 Å². The number of carbonyl (C=O) groups is 1. The number of sulfonamides is 1. The number of hydrogen-bond acceptors (Lipinski definition) is 5. The average Bonchev–Trinajstić information content (AvgIpc) is 2.30. The molecule has 2 rings (SSSR count). The van der Waals surface area contributed by atoms with Crippen molar-refractivity contribution < 1.29 is 18.3 Å². The Labute approximate surface area is 110 Å². The fourth-order valence-electron chi connectivity index (χ4n) is 1.79. The van der Waals surface area contributed by atoms with Crippen molar-refractivity contribution in [1.29, 1.82) is 0 Å². The minimum absolute atomic E-state index is 0.0310. The molecule has 2 N–H and O–H groups in total. The summed E-state index contributed by atoms with van der Waals surface area (Å²) in [4.78, 5) is 15.0. The van der Waals surface area contributed by atoms with E-state index in [2.05, 4.69) is 14.7 Å². The first kappa shape index (κ1) is 13.5. The first-order valence-corrected chi connectivity index (χ1v) is 7.10. The van der Waals surface area contributed by atoms with E-state index in [1.165, 1.54) is 12.3 Å². The van der Waals surface area contributed by atoms with E-state index < -0.39 is 21.9 Å². The number of nitrogens with one attached hydrogen (secondary N) is 1. The molecule has 0 fully saturated rings. The molecule has 19 heavy (non-hydrogen) atoms. The van der Waals surface area contributed by atoms with Gasteiger partial charge in [0.15, 0.2) is 5.82 Å². The van der Waals surface area contributed by atoms with Crippen LogP contribution < -0.4 is 5.32 Å². The molecule has 2 heterocycles. The van der Waals surface area contributed by atoms with Crippen LogP contribution in [0, 0.1) is 12.8 Å². The van der Waals surface area contributed by atoms with Gasteiger partial charge in [0, 0.05) is 6.20 Å². The Morgan fingerprint density at radius 3 is 2.79 bits per heavy atom. The fraction of sp³-hybridized carbons (Fsp3) is 0.364. The molecule has 1 aliphatic rings. The maximum Gasteiger partial charge on any atom is 0.314 e. The van der Waals surface area contributed by atoms with E-state index in [0.29, 0.717) is 5.56 Å². The van der Waals surface area contributed by atoms with Crippen molar-refractivity contribution in [3.8, 4) is 0 Å². The second-order valence-electron chi connectivity index (χ2n) is 4.24. The number of carboxylic acid groups (broad SMARTS) is 1. The van der Waals surface area contributed by atoms with Crippen LogP contribution in [0.25, 0.3) is 0 Å². The highest BCUT2D eigenvalue weighted by Crippen LogP contribution is 2.27. The SMILES string of the molecule is CCC(C(=O)O)C1=NS(=O)(=O)c2cc(C)cnc2N1. The van der Waals surface area contributed by atoms with E-state index in [0.717, 1.165) is 0 Å². The van der Waals surface area contributed by atoms with E-state index in [1.54, 1.807) is 13.8 Å². The fourth-order valence-corrected chi connectivity index (χ4v) is 3.00. The van der Waals surface area contributed by atoms with Crippen molar-refractivity contribution in [2.75, 3.05) is 5.32 Å². The summed E-state index contributed by atoms with van der Waals surface area (Å²) < 4.78 is 27.6. The molecule has 1 aromatic heterocycles. The van der Waals surface area contributed by atoms with Crippen molar-refractivity contribution in [1.82, 2.24) is 4.98 Å². The Hall–Kier alpha value is -1.96. The van der Waals surface area contributed by atoms with Gasteiger partial charge in [-0.2, -0.15) is 8.42 Å². The highest BCUT2D eigenvalue weighted by atomic mass is 32.2. The molecule has 7 nitrogen and oxygen atoms in total. The van der Waals surface area contributed by atoms with Crippen LogP contribution in [-0.4, -0.2) is 30.3 Å². The Kier molecular flexibility index (Phi) is 3.27. The van der Waals surface area contributed by atoms with Gasteiger partial charge in [-0.1, -0.05) is 6.92 Å². The summed E-state index contributed by atoms with van der Waals surface area (Å²) in [7, 11) is -3.90. The lowest BCUT2D eigenvalue weighted by molar-refractivity contribution is -0.139. The zero-order valence-electron chi connectivity index (χ0n) is 10.4. The van der Waals surface area contributed by atoms with E-state index in [4.69, 9.17) is 5.11 Å². The zero-order chi connectivity index (χ0) is 14.2. The van der Waals surface area contributed by atoms with Gasteiger partial charge < -0.3 is 10.4 Å². The van der Waals surface area contributed by atoms with Crippen LogP contribution in [0.15, 0.2) is 21.6 Å². The summed E-state index contributed by atoms with van der Waals surface area (Å²) in [6.45, 7) is 3.36. The van der Waals surface area contributed by atoms with Gasteiger partial charge in [-0.25, -0.2) is 4.98 Å². The topological polar surface area (TPSA) is 109 Å². The van der Waals surface area contributed by atoms with Gasteiger partial charge in [0.2, 0.25) is 0 Å². The quantitative estimate of drug-likeness (QED) is 0.857. The summed E-state index contributed by atoms with van der Waals surface area (Å²) in [6, 6.07) is 1.45. The van der Waals surface area contributed by atoms with Crippen LogP contribution in [0.4, 0.5) is 5.82 Å². The first-order valence-electron chi connectivity index (χ1n) is 5.66. The van der Waals surface area contributed by atoms with Crippen LogP contribution in [-0.2, 0) is 14.8 Å². The van der Waals surface area contributed by atoms with Crippen LogP contribution in [0.1, 0.15) is 18.9 Å². The monoisotopic (exact) mass is 283 g/mol. The van der Waals surface area contributed by atoms with Crippen molar-refractivity contribution in [3.05, 3.63) is 17.8 Å². The number of aromatic nitrogens is 1. The number of rotatable bonds is 3. The maximum atomic E-state index is 12.0. The number of fused-ring (bicyclic) bond motifs is 1. The molecule has 1 aliphatic heterocycles. The average molecular weight is 283 g/mol. The van der Waals surface area contributed by atoms with Gasteiger partial charge in [0.05, 0.1) is 0 Å². The number of aryl methyl sites for hydroxylation is 1. The lowest BCUT2D eigenvalue weighted by atomic mass is 10.1. The van der Waals surface area contributed by atoms with Crippen LogP contribution >= 0.6 is 0 Å². The Morgan fingerprint density at radius 1 is 1.53 bits per heavy atom. The number of pyridine rings is 1. The van der Waals surface area contributed by atoms with Gasteiger partial charge in [-0.05, 0) is 25.0 Å².